The first kappa shape index (κ1) is 16.5. The van der Waals surface area contributed by atoms with Gasteiger partial charge in [0.25, 0.3) is 0 Å². The Morgan fingerprint density at radius 3 is 2.60 bits per heavy atom. The van der Waals surface area contributed by atoms with Crippen molar-refractivity contribution in [3.63, 3.8) is 0 Å². The fourth-order valence-electron chi connectivity index (χ4n) is 1.77. The molecule has 5 nitrogen and oxygen atoms in total. The van der Waals surface area contributed by atoms with E-state index in [1.807, 2.05) is 25.1 Å². The molecule has 1 unspecified atom stereocenters. The van der Waals surface area contributed by atoms with Gasteiger partial charge in [-0.15, -0.1) is 0 Å². The summed E-state index contributed by atoms with van der Waals surface area (Å²) in [5.41, 5.74) is 0.989. The quantitative estimate of drug-likeness (QED) is 0.592. The van der Waals surface area contributed by atoms with Crippen LogP contribution >= 0.6 is 12.2 Å². The topological polar surface area (TPSA) is 51.8 Å². The van der Waals surface area contributed by atoms with Crippen molar-refractivity contribution in [2.24, 2.45) is 0 Å². The fourth-order valence-corrected chi connectivity index (χ4v) is 2.05. The summed E-state index contributed by atoms with van der Waals surface area (Å²) in [6.07, 6.45) is 0. The molecule has 0 aliphatic carbocycles. The van der Waals surface area contributed by atoms with Crippen LogP contribution in [0.25, 0.3) is 0 Å². The van der Waals surface area contributed by atoms with E-state index < -0.39 is 0 Å². The van der Waals surface area contributed by atoms with Gasteiger partial charge >= 0.3 is 0 Å². The molecule has 1 aromatic carbocycles. The van der Waals surface area contributed by atoms with Gasteiger partial charge in [-0.1, -0.05) is 0 Å². The Hall–Kier alpha value is -1.53. The number of nitrogens with one attached hydrogen (secondary N) is 2. The van der Waals surface area contributed by atoms with E-state index in [1.165, 1.54) is 0 Å². The SMILES string of the molecule is COCCNC(=S)NC(C)c1cc(OC)ccc1OC. The molecule has 1 rings (SSSR count). The third kappa shape index (κ3) is 4.86. The zero-order valence-electron chi connectivity index (χ0n) is 12.4. The molecule has 0 aliphatic rings. The maximum absolute atomic E-state index is 5.37. The zero-order valence-corrected chi connectivity index (χ0v) is 13.2. The van der Waals surface area contributed by atoms with E-state index in [0.29, 0.717) is 18.3 Å². The molecule has 0 amide bonds. The smallest absolute Gasteiger partial charge is 0.166 e. The number of thiocarbonyl (C=S) groups is 1. The van der Waals surface area contributed by atoms with Gasteiger partial charge in [-0.05, 0) is 37.3 Å². The van der Waals surface area contributed by atoms with Crippen LogP contribution in [-0.2, 0) is 4.74 Å². The van der Waals surface area contributed by atoms with E-state index in [0.717, 1.165) is 17.1 Å². The fraction of sp³-hybridized carbons (Fsp3) is 0.500. The lowest BCUT2D eigenvalue weighted by Crippen LogP contribution is -2.38. The van der Waals surface area contributed by atoms with Gasteiger partial charge in [0.2, 0.25) is 0 Å². The molecular formula is C14H22N2O3S. The minimum absolute atomic E-state index is 0.00240. The van der Waals surface area contributed by atoms with E-state index in [1.54, 1.807) is 21.3 Å². The average Bonchev–Trinajstić information content (AvgIpc) is 2.46. The first-order valence-corrected chi connectivity index (χ1v) is 6.78. The van der Waals surface area contributed by atoms with E-state index in [2.05, 4.69) is 10.6 Å². The van der Waals surface area contributed by atoms with Crippen LogP contribution in [0.5, 0.6) is 11.5 Å². The minimum Gasteiger partial charge on any atom is -0.497 e. The Labute approximate surface area is 125 Å². The Balaban J connectivity index is 2.70. The molecule has 6 heteroatoms. The Morgan fingerprint density at radius 1 is 1.25 bits per heavy atom. The van der Waals surface area contributed by atoms with Crippen molar-refractivity contribution in [3.8, 4) is 11.5 Å². The molecule has 0 aliphatic heterocycles. The summed E-state index contributed by atoms with van der Waals surface area (Å²) in [4.78, 5) is 0. The van der Waals surface area contributed by atoms with E-state index >= 15 is 0 Å². The van der Waals surface area contributed by atoms with Crippen molar-refractivity contribution in [2.75, 3.05) is 34.5 Å². The molecule has 0 aromatic heterocycles. The highest BCUT2D eigenvalue weighted by atomic mass is 32.1. The van der Waals surface area contributed by atoms with Crippen LogP contribution in [0, 0.1) is 0 Å². The zero-order chi connectivity index (χ0) is 15.0. The van der Waals surface area contributed by atoms with Crippen LogP contribution < -0.4 is 20.1 Å². The lowest BCUT2D eigenvalue weighted by atomic mass is 10.1. The summed E-state index contributed by atoms with van der Waals surface area (Å²) in [7, 11) is 4.94. The second-order valence-corrected chi connectivity index (χ2v) is 4.63. The largest absolute Gasteiger partial charge is 0.497 e. The van der Waals surface area contributed by atoms with Gasteiger partial charge < -0.3 is 24.8 Å². The van der Waals surface area contributed by atoms with Gasteiger partial charge in [-0.25, -0.2) is 0 Å². The van der Waals surface area contributed by atoms with Crippen molar-refractivity contribution in [3.05, 3.63) is 23.8 Å². The lowest BCUT2D eigenvalue weighted by Gasteiger charge is -2.20. The molecule has 20 heavy (non-hydrogen) atoms. The second kappa shape index (κ2) is 8.60. The Kier molecular flexibility index (Phi) is 7.11. The van der Waals surface area contributed by atoms with Crippen LogP contribution in [0.15, 0.2) is 18.2 Å². The number of methoxy groups -OCH3 is 3. The van der Waals surface area contributed by atoms with Crippen LogP contribution in [-0.4, -0.2) is 39.6 Å². The maximum Gasteiger partial charge on any atom is 0.166 e. The number of hydrogen-bond donors (Lipinski definition) is 2. The highest BCUT2D eigenvalue weighted by molar-refractivity contribution is 7.80. The molecular weight excluding hydrogens is 276 g/mol. The third-order valence-electron chi connectivity index (χ3n) is 2.84. The molecule has 1 atom stereocenters. The molecule has 0 fully saturated rings. The minimum atomic E-state index is 0.00240. The van der Waals surface area contributed by atoms with Gasteiger partial charge in [0.1, 0.15) is 11.5 Å². The number of rotatable bonds is 7. The maximum atomic E-state index is 5.37. The normalized spacial score (nSPS) is 11.6. The van der Waals surface area contributed by atoms with E-state index in [9.17, 15) is 0 Å². The van der Waals surface area contributed by atoms with Crippen molar-refractivity contribution < 1.29 is 14.2 Å². The highest BCUT2D eigenvalue weighted by Gasteiger charge is 2.13. The van der Waals surface area contributed by atoms with Gasteiger partial charge in [0.15, 0.2) is 5.11 Å². The molecule has 0 bridgehead atoms. The summed E-state index contributed by atoms with van der Waals surface area (Å²) in [6.45, 7) is 3.30. The highest BCUT2D eigenvalue weighted by Crippen LogP contribution is 2.29. The second-order valence-electron chi connectivity index (χ2n) is 4.22. The molecule has 1 aromatic rings. The monoisotopic (exact) mass is 298 g/mol. The van der Waals surface area contributed by atoms with Gasteiger partial charge in [0, 0.05) is 19.2 Å². The van der Waals surface area contributed by atoms with Crippen LogP contribution in [0.2, 0.25) is 0 Å². The van der Waals surface area contributed by atoms with Crippen LogP contribution in [0.4, 0.5) is 0 Å². The van der Waals surface area contributed by atoms with E-state index in [4.69, 9.17) is 26.4 Å². The lowest BCUT2D eigenvalue weighted by molar-refractivity contribution is 0.204. The molecule has 2 N–H and O–H groups in total. The van der Waals surface area contributed by atoms with Crippen molar-refractivity contribution in [1.29, 1.82) is 0 Å². The van der Waals surface area contributed by atoms with Crippen LogP contribution in [0.1, 0.15) is 18.5 Å². The Morgan fingerprint density at radius 2 is 2.00 bits per heavy atom. The first-order valence-electron chi connectivity index (χ1n) is 6.37. The van der Waals surface area contributed by atoms with Crippen molar-refractivity contribution >= 4 is 17.3 Å². The summed E-state index contributed by atoms with van der Waals surface area (Å²) in [5.74, 6) is 1.58. The van der Waals surface area contributed by atoms with E-state index in [-0.39, 0.29) is 6.04 Å². The average molecular weight is 298 g/mol. The van der Waals surface area contributed by atoms with Crippen molar-refractivity contribution in [1.82, 2.24) is 10.6 Å². The first-order chi connectivity index (χ1) is 9.62. The summed E-state index contributed by atoms with van der Waals surface area (Å²) in [5, 5.41) is 6.87. The summed E-state index contributed by atoms with van der Waals surface area (Å²) in [6, 6.07) is 5.69. The third-order valence-corrected chi connectivity index (χ3v) is 3.10. The number of benzene rings is 1. The predicted octanol–water partition coefficient (Wildman–Crippen LogP) is 1.88. The summed E-state index contributed by atoms with van der Waals surface area (Å²) < 4.78 is 15.6. The molecule has 0 saturated carbocycles. The molecule has 0 radical (unpaired) electrons. The number of ether oxygens (including phenoxy) is 3. The summed E-state index contributed by atoms with van der Waals surface area (Å²) >= 11 is 5.23. The molecule has 0 spiro atoms. The molecule has 0 heterocycles. The van der Waals surface area contributed by atoms with Crippen LogP contribution in [0.3, 0.4) is 0 Å². The predicted molar refractivity (Wildman–Crippen MR) is 83.6 cm³/mol. The van der Waals surface area contributed by atoms with Gasteiger partial charge in [-0.2, -0.15) is 0 Å². The Bertz CT molecular complexity index is 440. The molecule has 0 saturated heterocycles. The number of hydrogen-bond acceptors (Lipinski definition) is 4. The van der Waals surface area contributed by atoms with Gasteiger partial charge in [0.05, 0.1) is 26.9 Å². The molecule has 112 valence electrons. The standard InChI is InChI=1S/C14H22N2O3S/c1-10(16-14(20)15-7-8-17-2)12-9-11(18-3)5-6-13(12)19-4/h5-6,9-10H,7-8H2,1-4H3,(H2,15,16,20). The van der Waals surface area contributed by atoms with Crippen molar-refractivity contribution in [2.45, 2.75) is 13.0 Å². The van der Waals surface area contributed by atoms with Gasteiger partial charge in [-0.3, -0.25) is 0 Å².